The van der Waals surface area contributed by atoms with Gasteiger partial charge < -0.3 is 47.4 Å². The second-order valence-corrected chi connectivity index (χ2v) is 9.72. The molecule has 0 bridgehead atoms. The van der Waals surface area contributed by atoms with E-state index in [1.807, 2.05) is 0 Å². The minimum atomic E-state index is -1.77. The van der Waals surface area contributed by atoms with Crippen molar-refractivity contribution in [3.8, 4) is 0 Å². The van der Waals surface area contributed by atoms with E-state index in [2.05, 4.69) is 21.3 Å². The Morgan fingerprint density at radius 2 is 1.13 bits per heavy atom. The SMILES string of the molecule is CC(C)[C@H](N)C(=O)N[C@@H](CC(=O)O)C(=O)N[C@H](C(=O)N[C@@H](CCC(=O)O)C(=O)N[C@H](C(=O)O)C(C)C)[C@@H](C)O. The number of nitrogens with one attached hydrogen (secondary N) is 4. The first-order chi connectivity index (χ1) is 17.9. The van der Waals surface area contributed by atoms with E-state index in [1.165, 1.54) is 13.8 Å². The van der Waals surface area contributed by atoms with Crippen LogP contribution in [0.2, 0.25) is 0 Å². The number of aliphatic carboxylic acids is 3. The van der Waals surface area contributed by atoms with Crippen molar-refractivity contribution in [2.45, 2.75) is 90.2 Å². The zero-order valence-corrected chi connectivity index (χ0v) is 22.5. The quantitative estimate of drug-likeness (QED) is 0.0882. The topological polar surface area (TPSA) is 275 Å². The molecule has 0 aromatic heterocycles. The molecule has 0 radical (unpaired) electrons. The molecule has 0 aromatic carbocycles. The number of hydrogen-bond donors (Lipinski definition) is 9. The van der Waals surface area contributed by atoms with Crippen molar-refractivity contribution in [2.75, 3.05) is 0 Å². The van der Waals surface area contributed by atoms with Crippen molar-refractivity contribution in [3.05, 3.63) is 0 Å². The molecule has 16 nitrogen and oxygen atoms in total. The van der Waals surface area contributed by atoms with Gasteiger partial charge in [0.25, 0.3) is 0 Å². The molecule has 16 heteroatoms. The van der Waals surface area contributed by atoms with Crippen LogP contribution in [0.3, 0.4) is 0 Å². The molecule has 0 saturated carbocycles. The van der Waals surface area contributed by atoms with Crippen molar-refractivity contribution in [3.63, 3.8) is 0 Å². The van der Waals surface area contributed by atoms with Crippen molar-refractivity contribution in [2.24, 2.45) is 17.6 Å². The molecular formula is C23H39N5O11. The maximum Gasteiger partial charge on any atom is 0.326 e. The summed E-state index contributed by atoms with van der Waals surface area (Å²) in [5.41, 5.74) is 5.73. The van der Waals surface area contributed by atoms with Crippen LogP contribution < -0.4 is 27.0 Å². The molecule has 6 atom stereocenters. The molecule has 0 saturated heterocycles. The average Bonchev–Trinajstić information content (AvgIpc) is 2.80. The highest BCUT2D eigenvalue weighted by atomic mass is 16.4. The van der Waals surface area contributed by atoms with Gasteiger partial charge in [-0.2, -0.15) is 0 Å². The van der Waals surface area contributed by atoms with Crippen molar-refractivity contribution < 1.29 is 54.0 Å². The van der Waals surface area contributed by atoms with Gasteiger partial charge in [0.05, 0.1) is 18.6 Å². The first kappa shape index (κ1) is 35.2. The Bertz CT molecular complexity index is 922. The van der Waals surface area contributed by atoms with E-state index in [0.717, 1.165) is 6.92 Å². The number of carbonyl (C=O) groups excluding carboxylic acids is 4. The lowest BCUT2D eigenvalue weighted by atomic mass is 10.0. The molecule has 0 aliphatic carbocycles. The summed E-state index contributed by atoms with van der Waals surface area (Å²) in [6, 6.07) is -7.44. The Morgan fingerprint density at radius 1 is 0.641 bits per heavy atom. The maximum absolute atomic E-state index is 12.9. The van der Waals surface area contributed by atoms with E-state index in [0.29, 0.717) is 0 Å². The van der Waals surface area contributed by atoms with Gasteiger partial charge in [-0.05, 0) is 25.2 Å². The summed E-state index contributed by atoms with van der Waals surface area (Å²) in [4.78, 5) is 84.5. The maximum atomic E-state index is 12.9. The molecule has 0 fully saturated rings. The van der Waals surface area contributed by atoms with Gasteiger partial charge >= 0.3 is 17.9 Å². The van der Waals surface area contributed by atoms with Gasteiger partial charge in [-0.25, -0.2) is 4.79 Å². The Hall–Kier alpha value is -3.79. The van der Waals surface area contributed by atoms with Crippen LogP contribution in [-0.2, 0) is 33.6 Å². The van der Waals surface area contributed by atoms with Gasteiger partial charge in [0, 0.05) is 6.42 Å². The summed E-state index contributed by atoms with van der Waals surface area (Å²) in [6.07, 6.45) is -3.53. The van der Waals surface area contributed by atoms with Crippen LogP contribution in [0.5, 0.6) is 0 Å². The van der Waals surface area contributed by atoms with Crippen LogP contribution in [0.1, 0.15) is 53.9 Å². The number of rotatable bonds is 17. The van der Waals surface area contributed by atoms with E-state index in [-0.39, 0.29) is 5.92 Å². The average molecular weight is 562 g/mol. The third-order valence-electron chi connectivity index (χ3n) is 5.61. The zero-order valence-electron chi connectivity index (χ0n) is 22.5. The van der Waals surface area contributed by atoms with Crippen molar-refractivity contribution in [1.29, 1.82) is 0 Å². The molecule has 0 aliphatic heterocycles. The predicted molar refractivity (Wildman–Crippen MR) is 134 cm³/mol. The van der Waals surface area contributed by atoms with Gasteiger partial charge in [0.15, 0.2) is 0 Å². The van der Waals surface area contributed by atoms with Gasteiger partial charge in [-0.15, -0.1) is 0 Å². The second kappa shape index (κ2) is 16.2. The van der Waals surface area contributed by atoms with Crippen LogP contribution in [0.4, 0.5) is 0 Å². The molecular weight excluding hydrogens is 522 g/mol. The summed E-state index contributed by atoms with van der Waals surface area (Å²) in [6.45, 7) is 7.39. The Morgan fingerprint density at radius 3 is 1.54 bits per heavy atom. The smallest absolute Gasteiger partial charge is 0.326 e. The number of carboxylic acids is 3. The lowest BCUT2D eigenvalue weighted by molar-refractivity contribution is -0.144. The minimum Gasteiger partial charge on any atom is -0.481 e. The number of aliphatic hydroxyl groups excluding tert-OH is 1. The highest BCUT2D eigenvalue weighted by Gasteiger charge is 2.35. The first-order valence-corrected chi connectivity index (χ1v) is 12.2. The van der Waals surface area contributed by atoms with E-state index >= 15 is 0 Å². The van der Waals surface area contributed by atoms with E-state index in [9.17, 15) is 43.8 Å². The van der Waals surface area contributed by atoms with Crippen LogP contribution in [0.15, 0.2) is 0 Å². The lowest BCUT2D eigenvalue weighted by Gasteiger charge is -2.27. The third kappa shape index (κ3) is 12.5. The summed E-state index contributed by atoms with van der Waals surface area (Å²) < 4.78 is 0. The van der Waals surface area contributed by atoms with Crippen LogP contribution in [-0.4, -0.2) is 98.3 Å². The number of aliphatic hydroxyl groups is 1. The molecule has 0 heterocycles. The lowest BCUT2D eigenvalue weighted by Crippen LogP contribution is -2.61. The molecule has 222 valence electrons. The molecule has 0 unspecified atom stereocenters. The number of carbonyl (C=O) groups is 7. The van der Waals surface area contributed by atoms with Crippen LogP contribution in [0.25, 0.3) is 0 Å². The molecule has 0 rings (SSSR count). The Balaban J connectivity index is 5.84. The fraction of sp³-hybridized carbons (Fsp3) is 0.696. The molecule has 4 amide bonds. The number of carboxylic acid groups (broad SMARTS) is 3. The molecule has 0 aromatic rings. The number of amides is 4. The third-order valence-corrected chi connectivity index (χ3v) is 5.61. The largest absolute Gasteiger partial charge is 0.481 e. The predicted octanol–water partition coefficient (Wildman–Crippen LogP) is -2.63. The van der Waals surface area contributed by atoms with Gasteiger partial charge in [0.1, 0.15) is 24.2 Å². The molecule has 10 N–H and O–H groups in total. The molecule has 39 heavy (non-hydrogen) atoms. The summed E-state index contributed by atoms with van der Waals surface area (Å²) >= 11 is 0. The van der Waals surface area contributed by atoms with Gasteiger partial charge in [-0.3, -0.25) is 28.8 Å². The van der Waals surface area contributed by atoms with Crippen LogP contribution >= 0.6 is 0 Å². The fourth-order valence-electron chi connectivity index (χ4n) is 3.18. The monoisotopic (exact) mass is 561 g/mol. The second-order valence-electron chi connectivity index (χ2n) is 9.72. The van der Waals surface area contributed by atoms with Crippen LogP contribution in [0, 0.1) is 11.8 Å². The standard InChI is InChI=1S/C23H39N5O11/c1-9(2)16(24)21(36)26-13(8-15(32)33)20(35)28-18(11(5)29)22(37)25-12(6-7-14(30)31)19(34)27-17(10(3)4)23(38)39/h9-13,16-18,29H,6-8,24H2,1-5H3,(H,25,37)(H,26,36)(H,27,34)(H,28,35)(H,30,31)(H,32,33)(H,38,39)/t11-,12+,13+,16+,17+,18+/m1/s1. The van der Waals surface area contributed by atoms with Gasteiger partial charge in [-0.1, -0.05) is 27.7 Å². The zero-order chi connectivity index (χ0) is 30.6. The summed E-state index contributed by atoms with van der Waals surface area (Å²) in [5, 5.41) is 46.3. The highest BCUT2D eigenvalue weighted by Crippen LogP contribution is 2.07. The van der Waals surface area contributed by atoms with Crippen molar-refractivity contribution >= 4 is 41.5 Å². The van der Waals surface area contributed by atoms with E-state index < -0.39 is 103 Å². The molecule has 0 spiro atoms. The molecule has 0 aliphatic rings. The summed E-state index contributed by atoms with van der Waals surface area (Å²) in [7, 11) is 0. The number of nitrogens with two attached hydrogens (primary N) is 1. The van der Waals surface area contributed by atoms with Gasteiger partial charge in [0.2, 0.25) is 23.6 Å². The Labute approximate surface area is 225 Å². The first-order valence-electron chi connectivity index (χ1n) is 12.2. The normalized spacial score (nSPS) is 15.7. The Kier molecular flexibility index (Phi) is 14.7. The summed E-state index contributed by atoms with van der Waals surface area (Å²) in [5.74, 6) is -9.19. The van der Waals surface area contributed by atoms with E-state index in [4.69, 9.17) is 15.9 Å². The van der Waals surface area contributed by atoms with E-state index in [1.54, 1.807) is 13.8 Å². The van der Waals surface area contributed by atoms with Crippen molar-refractivity contribution in [1.82, 2.24) is 21.3 Å². The minimum absolute atomic E-state index is 0.347. The fourth-order valence-corrected chi connectivity index (χ4v) is 3.18. The highest BCUT2D eigenvalue weighted by molar-refractivity contribution is 5.96. The number of hydrogen-bond acceptors (Lipinski definition) is 9.